The molecule has 1 heterocycles. The molecule has 0 saturated carbocycles. The average Bonchev–Trinajstić information content (AvgIpc) is 2.67. The third kappa shape index (κ3) is 8.14. The van der Waals surface area contributed by atoms with Gasteiger partial charge < -0.3 is 10.6 Å². The van der Waals surface area contributed by atoms with Crippen LogP contribution in [0.4, 0.5) is 13.2 Å². The Labute approximate surface area is 184 Å². The maximum atomic E-state index is 12.7. The molecule has 0 amide bonds. The normalized spacial score (nSPS) is 12.2. The highest BCUT2D eigenvalue weighted by molar-refractivity contribution is 14.0. The summed E-state index contributed by atoms with van der Waals surface area (Å²) in [6, 6.07) is 7.92. The van der Waals surface area contributed by atoms with E-state index in [-0.39, 0.29) is 48.5 Å². The third-order valence-corrected chi connectivity index (χ3v) is 5.04. The number of rotatable bonds is 7. The van der Waals surface area contributed by atoms with Crippen LogP contribution in [0.3, 0.4) is 0 Å². The molecule has 0 radical (unpaired) electrons. The molecule has 3 N–H and O–H groups in total. The zero-order chi connectivity index (χ0) is 20.6. The van der Waals surface area contributed by atoms with Crippen LogP contribution in [0.1, 0.15) is 11.1 Å². The molecular formula is C17H21F3IN5O2S. The number of hydrogen-bond donors (Lipinski definition) is 3. The van der Waals surface area contributed by atoms with Crippen molar-refractivity contribution >= 4 is 40.0 Å². The first-order valence-electron chi connectivity index (χ1n) is 8.23. The minimum absolute atomic E-state index is 0. The fraction of sp³-hybridized carbons (Fsp3) is 0.294. The maximum absolute atomic E-state index is 12.7. The first-order valence-corrected chi connectivity index (χ1v) is 9.71. The van der Waals surface area contributed by atoms with E-state index >= 15 is 0 Å². The van der Waals surface area contributed by atoms with Gasteiger partial charge in [-0.05, 0) is 29.8 Å². The Bertz CT molecular complexity index is 909. The summed E-state index contributed by atoms with van der Waals surface area (Å²) in [6.07, 6.45) is -1.69. The summed E-state index contributed by atoms with van der Waals surface area (Å²) in [5, 5.41) is 5.76. The van der Waals surface area contributed by atoms with Gasteiger partial charge >= 0.3 is 6.18 Å². The molecule has 0 bridgehead atoms. The second-order valence-electron chi connectivity index (χ2n) is 5.64. The van der Waals surface area contributed by atoms with E-state index in [0.29, 0.717) is 11.5 Å². The fourth-order valence-corrected chi connectivity index (χ4v) is 3.21. The number of nitrogens with one attached hydrogen (secondary N) is 3. The van der Waals surface area contributed by atoms with Crippen molar-refractivity contribution in [3.63, 3.8) is 0 Å². The number of aromatic nitrogens is 1. The molecule has 0 fully saturated rings. The molecule has 0 saturated heterocycles. The Morgan fingerprint density at radius 2 is 1.90 bits per heavy atom. The Hall–Kier alpha value is -1.93. The molecule has 0 aliphatic carbocycles. The molecule has 160 valence electrons. The number of nitrogens with zero attached hydrogens (tertiary/aromatic N) is 2. The number of aliphatic imine (C=N–C) groups is 1. The summed E-state index contributed by atoms with van der Waals surface area (Å²) in [5.74, 6) is 0.331. The lowest BCUT2D eigenvalue weighted by atomic mass is 10.1. The summed E-state index contributed by atoms with van der Waals surface area (Å²) < 4.78 is 64.7. The zero-order valence-electron chi connectivity index (χ0n) is 15.4. The van der Waals surface area contributed by atoms with E-state index in [1.54, 1.807) is 6.07 Å². The van der Waals surface area contributed by atoms with Gasteiger partial charge in [-0.3, -0.25) is 9.98 Å². The number of alkyl halides is 3. The van der Waals surface area contributed by atoms with Crippen LogP contribution in [-0.2, 0) is 22.7 Å². The quantitative estimate of drug-likeness (QED) is 0.216. The van der Waals surface area contributed by atoms with Gasteiger partial charge in [0.2, 0.25) is 10.0 Å². The number of sulfonamides is 1. The second-order valence-corrected chi connectivity index (χ2v) is 7.40. The highest BCUT2D eigenvalue weighted by Gasteiger charge is 2.30. The second kappa shape index (κ2) is 11.3. The number of hydrogen-bond acceptors (Lipinski definition) is 4. The third-order valence-electron chi connectivity index (χ3n) is 3.59. The lowest BCUT2D eigenvalue weighted by Gasteiger charge is -2.13. The van der Waals surface area contributed by atoms with Gasteiger partial charge in [-0.1, -0.05) is 12.1 Å². The Morgan fingerprint density at radius 1 is 1.14 bits per heavy atom. The molecular weight excluding hydrogens is 522 g/mol. The average molecular weight is 543 g/mol. The Kier molecular flexibility index (Phi) is 9.79. The molecule has 12 heteroatoms. The van der Waals surface area contributed by atoms with Crippen molar-refractivity contribution in [2.24, 2.45) is 4.99 Å². The highest BCUT2D eigenvalue weighted by Crippen LogP contribution is 2.29. The van der Waals surface area contributed by atoms with Gasteiger partial charge in [-0.2, -0.15) is 13.2 Å². The zero-order valence-corrected chi connectivity index (χ0v) is 18.5. The van der Waals surface area contributed by atoms with Crippen molar-refractivity contribution in [2.75, 3.05) is 20.1 Å². The van der Waals surface area contributed by atoms with Crippen LogP contribution >= 0.6 is 24.0 Å². The van der Waals surface area contributed by atoms with Crippen LogP contribution < -0.4 is 15.4 Å². The molecule has 2 aromatic rings. The Balaban J connectivity index is 0.00000420. The van der Waals surface area contributed by atoms with Crippen LogP contribution in [0, 0.1) is 0 Å². The molecule has 2 rings (SSSR count). The van der Waals surface area contributed by atoms with E-state index in [9.17, 15) is 21.6 Å². The van der Waals surface area contributed by atoms with E-state index in [4.69, 9.17) is 0 Å². The van der Waals surface area contributed by atoms with E-state index in [1.165, 1.54) is 37.6 Å². The maximum Gasteiger partial charge on any atom is 0.416 e. The number of benzene rings is 1. The SMILES string of the molecule is CN=C(NCCNS(=O)(=O)c1cccnc1)NCc1cccc(C(F)(F)F)c1.I. The molecule has 0 atom stereocenters. The van der Waals surface area contributed by atoms with Crippen LogP contribution in [-0.4, -0.2) is 39.5 Å². The molecule has 0 aliphatic heterocycles. The van der Waals surface area contributed by atoms with Crippen LogP contribution in [0.5, 0.6) is 0 Å². The van der Waals surface area contributed by atoms with Gasteiger partial charge in [0.1, 0.15) is 4.90 Å². The molecule has 0 unspecified atom stereocenters. The van der Waals surface area contributed by atoms with Crippen molar-refractivity contribution in [2.45, 2.75) is 17.6 Å². The molecule has 7 nitrogen and oxygen atoms in total. The largest absolute Gasteiger partial charge is 0.416 e. The van der Waals surface area contributed by atoms with E-state index in [0.717, 1.165) is 12.1 Å². The number of halogens is 4. The van der Waals surface area contributed by atoms with Gasteiger partial charge in [0.15, 0.2) is 5.96 Å². The summed E-state index contributed by atoms with van der Waals surface area (Å²) in [7, 11) is -2.16. The predicted molar refractivity (Wildman–Crippen MR) is 114 cm³/mol. The van der Waals surface area contributed by atoms with Crippen LogP contribution in [0.25, 0.3) is 0 Å². The molecule has 29 heavy (non-hydrogen) atoms. The lowest BCUT2D eigenvalue weighted by Crippen LogP contribution is -2.41. The molecule has 0 spiro atoms. The van der Waals surface area contributed by atoms with E-state index < -0.39 is 21.8 Å². The topological polar surface area (TPSA) is 95.5 Å². The van der Waals surface area contributed by atoms with Crippen LogP contribution in [0.2, 0.25) is 0 Å². The number of guanidine groups is 1. The summed E-state index contributed by atoms with van der Waals surface area (Å²) in [4.78, 5) is 7.77. The minimum Gasteiger partial charge on any atom is -0.355 e. The highest BCUT2D eigenvalue weighted by atomic mass is 127. The van der Waals surface area contributed by atoms with Crippen LogP contribution in [0.15, 0.2) is 58.7 Å². The van der Waals surface area contributed by atoms with Crippen molar-refractivity contribution < 1.29 is 21.6 Å². The minimum atomic E-state index is -4.40. The molecule has 1 aromatic carbocycles. The number of pyridine rings is 1. The monoisotopic (exact) mass is 543 g/mol. The van der Waals surface area contributed by atoms with Gasteiger partial charge in [0, 0.05) is 39.1 Å². The fourth-order valence-electron chi connectivity index (χ4n) is 2.22. The van der Waals surface area contributed by atoms with Gasteiger partial charge in [-0.15, -0.1) is 24.0 Å². The van der Waals surface area contributed by atoms with Gasteiger partial charge in [0.25, 0.3) is 0 Å². The smallest absolute Gasteiger partial charge is 0.355 e. The van der Waals surface area contributed by atoms with Gasteiger partial charge in [-0.25, -0.2) is 13.1 Å². The van der Waals surface area contributed by atoms with E-state index in [1.807, 2.05) is 0 Å². The van der Waals surface area contributed by atoms with Crippen molar-refractivity contribution in [3.8, 4) is 0 Å². The summed E-state index contributed by atoms with van der Waals surface area (Å²) in [5.41, 5.74) is -0.283. The lowest BCUT2D eigenvalue weighted by molar-refractivity contribution is -0.137. The van der Waals surface area contributed by atoms with Crippen molar-refractivity contribution in [1.82, 2.24) is 20.3 Å². The summed E-state index contributed by atoms with van der Waals surface area (Å²) >= 11 is 0. The van der Waals surface area contributed by atoms with Crippen molar-refractivity contribution in [3.05, 3.63) is 59.9 Å². The summed E-state index contributed by atoms with van der Waals surface area (Å²) in [6.45, 7) is 0.439. The predicted octanol–water partition coefficient (Wildman–Crippen LogP) is 2.36. The van der Waals surface area contributed by atoms with Crippen molar-refractivity contribution in [1.29, 1.82) is 0 Å². The Morgan fingerprint density at radius 3 is 2.52 bits per heavy atom. The van der Waals surface area contributed by atoms with E-state index in [2.05, 4.69) is 25.3 Å². The van der Waals surface area contributed by atoms with Gasteiger partial charge in [0.05, 0.1) is 5.56 Å². The molecule has 0 aliphatic rings. The first kappa shape index (κ1) is 25.1. The first-order chi connectivity index (χ1) is 13.2. The standard InChI is InChI=1S/C17H20F3N5O2S.HI/c1-21-16(24-11-13-4-2-5-14(10-13)17(18,19)20)23-8-9-25-28(26,27)15-6-3-7-22-12-15;/h2-7,10,12,25H,8-9,11H2,1H3,(H2,21,23,24);1H. The molecule has 1 aromatic heterocycles.